The molecule has 0 bridgehead atoms. The molecule has 102 valence electrons. The first-order valence-electron chi connectivity index (χ1n) is 5.98. The quantitative estimate of drug-likeness (QED) is 0.485. The van der Waals surface area contributed by atoms with E-state index in [0.29, 0.717) is 6.61 Å². The number of ether oxygens (including phenoxy) is 1. The topological polar surface area (TPSA) is 98.9 Å². The lowest BCUT2D eigenvalue weighted by atomic mass is 10.2. The summed E-state index contributed by atoms with van der Waals surface area (Å²) in [5, 5.41) is 7.28. The fourth-order valence-corrected chi connectivity index (χ4v) is 1.50. The number of nitrogens with two attached hydrogens (primary N) is 2. The van der Waals surface area contributed by atoms with Crippen LogP contribution in [0.5, 0.6) is 5.75 Å². The molecular formula is C14H15N5O. The second-order valence-electron chi connectivity index (χ2n) is 3.99. The van der Waals surface area contributed by atoms with E-state index in [9.17, 15) is 0 Å². The van der Waals surface area contributed by atoms with E-state index in [0.717, 1.165) is 16.9 Å². The molecule has 0 amide bonds. The number of nitrogens with zero attached hydrogens (tertiary/aromatic N) is 3. The average Bonchev–Trinajstić information content (AvgIpc) is 2.46. The molecule has 0 atom stereocenters. The first-order chi connectivity index (χ1) is 9.74. The van der Waals surface area contributed by atoms with Crippen LogP contribution in [0.2, 0.25) is 0 Å². The molecule has 0 spiro atoms. The average molecular weight is 269 g/mol. The Balaban J connectivity index is 1.99. The summed E-state index contributed by atoms with van der Waals surface area (Å²) in [5.41, 5.74) is 12.2. The predicted molar refractivity (Wildman–Crippen MR) is 78.4 cm³/mol. The highest BCUT2D eigenvalue weighted by molar-refractivity contribution is 5.81. The third-order valence-corrected chi connectivity index (χ3v) is 2.37. The molecule has 20 heavy (non-hydrogen) atoms. The molecule has 6 heteroatoms. The first-order valence-corrected chi connectivity index (χ1v) is 5.98. The predicted octanol–water partition coefficient (Wildman–Crippen LogP) is 1.27. The van der Waals surface area contributed by atoms with Crippen molar-refractivity contribution in [3.8, 4) is 5.75 Å². The van der Waals surface area contributed by atoms with Crippen molar-refractivity contribution in [1.29, 1.82) is 0 Å². The molecule has 0 aliphatic heterocycles. The van der Waals surface area contributed by atoms with E-state index < -0.39 is 0 Å². The van der Waals surface area contributed by atoms with E-state index >= 15 is 0 Å². The Labute approximate surface area is 116 Å². The molecule has 1 aromatic carbocycles. The van der Waals surface area contributed by atoms with Crippen LogP contribution in [-0.2, 0) is 6.61 Å². The summed E-state index contributed by atoms with van der Waals surface area (Å²) in [6, 6.07) is 11.3. The van der Waals surface area contributed by atoms with Gasteiger partial charge < -0.3 is 16.2 Å². The molecule has 0 unspecified atom stereocenters. The summed E-state index contributed by atoms with van der Waals surface area (Å²) in [6.07, 6.45) is 5.05. The summed E-state index contributed by atoms with van der Waals surface area (Å²) in [4.78, 5) is 4.03. The van der Waals surface area contributed by atoms with E-state index in [1.165, 1.54) is 0 Å². The second-order valence-corrected chi connectivity index (χ2v) is 3.99. The molecule has 1 aromatic heterocycles. The molecule has 0 aliphatic rings. The Morgan fingerprint density at radius 1 is 1.25 bits per heavy atom. The number of benzene rings is 1. The summed E-state index contributed by atoms with van der Waals surface area (Å²) < 4.78 is 5.67. The van der Waals surface area contributed by atoms with Crippen molar-refractivity contribution in [3.05, 3.63) is 59.9 Å². The summed E-state index contributed by atoms with van der Waals surface area (Å²) in [6.45, 7) is 0.461. The van der Waals surface area contributed by atoms with Gasteiger partial charge in [-0.3, -0.25) is 4.98 Å². The molecule has 0 saturated heterocycles. The van der Waals surface area contributed by atoms with E-state index in [2.05, 4.69) is 15.2 Å². The molecule has 6 nitrogen and oxygen atoms in total. The van der Waals surface area contributed by atoms with Crippen molar-refractivity contribution >= 4 is 12.2 Å². The lowest BCUT2D eigenvalue weighted by molar-refractivity contribution is 0.305. The largest absolute Gasteiger partial charge is 0.489 e. The number of rotatable bonds is 5. The van der Waals surface area contributed by atoms with Crippen LogP contribution in [-0.4, -0.2) is 17.2 Å². The summed E-state index contributed by atoms with van der Waals surface area (Å²) >= 11 is 0. The highest BCUT2D eigenvalue weighted by atomic mass is 16.5. The lowest BCUT2D eigenvalue weighted by Crippen LogP contribution is -2.21. The Morgan fingerprint density at radius 2 is 2.15 bits per heavy atom. The standard InChI is InChI=1S/C14H15N5O/c15-14(16)19-18-9-11-3-1-5-13(7-11)20-10-12-4-2-6-17-8-12/h1-9H,10H2,(H4,15,16,19)/b18-9+. The van der Waals surface area contributed by atoms with E-state index in [1.54, 1.807) is 18.6 Å². The maximum Gasteiger partial charge on any atom is 0.211 e. The van der Waals surface area contributed by atoms with Gasteiger partial charge in [-0.2, -0.15) is 5.10 Å². The summed E-state index contributed by atoms with van der Waals surface area (Å²) in [7, 11) is 0. The van der Waals surface area contributed by atoms with Crippen LogP contribution < -0.4 is 16.2 Å². The number of guanidine groups is 1. The lowest BCUT2D eigenvalue weighted by Gasteiger charge is -2.06. The van der Waals surface area contributed by atoms with Gasteiger partial charge in [0.05, 0.1) is 6.21 Å². The van der Waals surface area contributed by atoms with Gasteiger partial charge in [0.15, 0.2) is 0 Å². The molecule has 4 N–H and O–H groups in total. The SMILES string of the molecule is NC(N)=N/N=C/c1cccc(OCc2cccnc2)c1. The molecule has 0 fully saturated rings. The van der Waals surface area contributed by atoms with Gasteiger partial charge in [0.1, 0.15) is 12.4 Å². The number of hydrogen-bond acceptors (Lipinski definition) is 4. The van der Waals surface area contributed by atoms with Crippen molar-refractivity contribution in [2.75, 3.05) is 0 Å². The highest BCUT2D eigenvalue weighted by Gasteiger charge is 1.97. The molecule has 0 aliphatic carbocycles. The zero-order chi connectivity index (χ0) is 14.2. The first kappa shape index (κ1) is 13.5. The minimum absolute atomic E-state index is 0.0785. The van der Waals surface area contributed by atoms with Gasteiger partial charge in [-0.05, 0) is 23.8 Å². The summed E-state index contributed by atoms with van der Waals surface area (Å²) in [5.74, 6) is 0.660. The molecule has 2 aromatic rings. The molecular weight excluding hydrogens is 254 g/mol. The van der Waals surface area contributed by atoms with Crippen molar-refractivity contribution in [1.82, 2.24) is 4.98 Å². The number of pyridine rings is 1. The molecule has 1 heterocycles. The van der Waals surface area contributed by atoms with Crippen LogP contribution >= 0.6 is 0 Å². The van der Waals surface area contributed by atoms with Gasteiger partial charge >= 0.3 is 0 Å². The van der Waals surface area contributed by atoms with Crippen LogP contribution in [0.25, 0.3) is 0 Å². The minimum atomic E-state index is -0.0785. The molecule has 2 rings (SSSR count). The minimum Gasteiger partial charge on any atom is -0.489 e. The zero-order valence-corrected chi connectivity index (χ0v) is 10.8. The van der Waals surface area contributed by atoms with Crippen molar-refractivity contribution in [2.24, 2.45) is 21.7 Å². The zero-order valence-electron chi connectivity index (χ0n) is 10.8. The highest BCUT2D eigenvalue weighted by Crippen LogP contribution is 2.14. The van der Waals surface area contributed by atoms with Gasteiger partial charge in [0.25, 0.3) is 0 Å². The Kier molecular flexibility index (Phi) is 4.66. The van der Waals surface area contributed by atoms with E-state index in [-0.39, 0.29) is 5.96 Å². The van der Waals surface area contributed by atoms with E-state index in [4.69, 9.17) is 16.2 Å². The fourth-order valence-electron chi connectivity index (χ4n) is 1.50. The maximum atomic E-state index is 5.67. The van der Waals surface area contributed by atoms with Crippen molar-refractivity contribution in [2.45, 2.75) is 6.61 Å². The van der Waals surface area contributed by atoms with Gasteiger partial charge in [-0.15, -0.1) is 5.10 Å². The Bertz CT molecular complexity index is 606. The van der Waals surface area contributed by atoms with Crippen LogP contribution in [0.4, 0.5) is 0 Å². The van der Waals surface area contributed by atoms with Gasteiger partial charge in [-0.25, -0.2) is 0 Å². The molecule has 0 saturated carbocycles. The van der Waals surface area contributed by atoms with Crippen molar-refractivity contribution < 1.29 is 4.74 Å². The number of hydrogen-bond donors (Lipinski definition) is 2. The fraction of sp³-hybridized carbons (Fsp3) is 0.0714. The number of aromatic nitrogens is 1. The second kappa shape index (κ2) is 6.89. The van der Waals surface area contributed by atoms with Gasteiger partial charge in [0.2, 0.25) is 5.96 Å². The smallest absolute Gasteiger partial charge is 0.211 e. The van der Waals surface area contributed by atoms with Gasteiger partial charge in [-0.1, -0.05) is 18.2 Å². The van der Waals surface area contributed by atoms with Crippen LogP contribution in [0.15, 0.2) is 59.0 Å². The third kappa shape index (κ3) is 4.41. The van der Waals surface area contributed by atoms with Crippen molar-refractivity contribution in [3.63, 3.8) is 0 Å². The monoisotopic (exact) mass is 269 g/mol. The van der Waals surface area contributed by atoms with Crippen LogP contribution in [0.1, 0.15) is 11.1 Å². The normalized spacial score (nSPS) is 10.4. The molecule has 0 radical (unpaired) electrons. The van der Waals surface area contributed by atoms with Crippen LogP contribution in [0, 0.1) is 0 Å². The Hall–Kier alpha value is -2.89. The van der Waals surface area contributed by atoms with Crippen LogP contribution in [0.3, 0.4) is 0 Å². The van der Waals surface area contributed by atoms with E-state index in [1.807, 2.05) is 36.4 Å². The Morgan fingerprint density at radius 3 is 2.90 bits per heavy atom. The third-order valence-electron chi connectivity index (χ3n) is 2.37. The van der Waals surface area contributed by atoms with Gasteiger partial charge in [0, 0.05) is 18.0 Å². The maximum absolute atomic E-state index is 5.67.